The summed E-state index contributed by atoms with van der Waals surface area (Å²) in [5.41, 5.74) is 3.05. The van der Waals surface area contributed by atoms with Gasteiger partial charge in [-0.2, -0.15) is 0 Å². The second-order valence-electron chi connectivity index (χ2n) is 7.14. The minimum Gasteiger partial charge on any atom is -0.480 e. The second-order valence-corrected chi connectivity index (χ2v) is 7.14. The molecule has 0 fully saturated rings. The molecule has 3 rings (SSSR count). The number of ether oxygens (including phenoxy) is 1. The third kappa shape index (κ3) is 5.89. The van der Waals surface area contributed by atoms with Gasteiger partial charge >= 0.3 is 5.97 Å². The third-order valence-corrected chi connectivity index (χ3v) is 5.03. The number of benzene rings is 3. The fourth-order valence-electron chi connectivity index (χ4n) is 3.42. The van der Waals surface area contributed by atoms with Crippen molar-refractivity contribution in [1.29, 1.82) is 0 Å². The van der Waals surface area contributed by atoms with Crippen LogP contribution in [0, 0.1) is 5.92 Å². The predicted molar refractivity (Wildman–Crippen MR) is 119 cm³/mol. The molecule has 0 heterocycles. The number of nitrogens with one attached hydrogen (secondary N) is 1. The molecule has 0 aliphatic carbocycles. The van der Waals surface area contributed by atoms with Gasteiger partial charge in [0.25, 0.3) is 0 Å². The Balaban J connectivity index is 1.76. The summed E-state index contributed by atoms with van der Waals surface area (Å²) in [5, 5.41) is 13.3. The van der Waals surface area contributed by atoms with Crippen LogP contribution in [0.5, 0.6) is 0 Å². The monoisotopic (exact) mass is 401 g/mol. The Kier molecular flexibility index (Phi) is 7.95. The van der Waals surface area contributed by atoms with Gasteiger partial charge in [0.1, 0.15) is 6.04 Å². The lowest BCUT2D eigenvalue weighted by molar-refractivity contribution is -0.141. The molecule has 0 unspecified atom stereocenters. The van der Waals surface area contributed by atoms with Crippen molar-refractivity contribution in [1.82, 2.24) is 5.32 Å². The third-order valence-electron chi connectivity index (χ3n) is 5.03. The van der Waals surface area contributed by atoms with Gasteiger partial charge in [-0.3, -0.25) is 10.1 Å². The van der Waals surface area contributed by atoms with E-state index in [1.54, 1.807) is 6.08 Å². The number of carboxylic acid groups (broad SMARTS) is 1. The first-order chi connectivity index (χ1) is 14.7. The van der Waals surface area contributed by atoms with E-state index < -0.39 is 12.0 Å². The summed E-state index contributed by atoms with van der Waals surface area (Å²) in [7, 11) is 0. The van der Waals surface area contributed by atoms with Gasteiger partial charge in [0.15, 0.2) is 0 Å². The van der Waals surface area contributed by atoms with E-state index in [2.05, 4.69) is 11.9 Å². The lowest BCUT2D eigenvalue weighted by atomic mass is 9.94. The number of hydrogen-bond donors (Lipinski definition) is 2. The first-order valence-corrected chi connectivity index (χ1v) is 10.0. The lowest BCUT2D eigenvalue weighted by Gasteiger charge is -2.28. The Bertz CT molecular complexity index is 873. The first-order valence-electron chi connectivity index (χ1n) is 10.0. The van der Waals surface area contributed by atoms with Crippen molar-refractivity contribution < 1.29 is 14.6 Å². The van der Waals surface area contributed by atoms with Gasteiger partial charge in [0.05, 0.1) is 19.3 Å². The highest BCUT2D eigenvalue weighted by atomic mass is 16.5. The van der Waals surface area contributed by atoms with Crippen LogP contribution in [0.1, 0.15) is 22.7 Å². The van der Waals surface area contributed by atoms with E-state index in [0.29, 0.717) is 6.61 Å². The fourth-order valence-corrected chi connectivity index (χ4v) is 3.42. The smallest absolute Gasteiger partial charge is 0.321 e. The zero-order valence-corrected chi connectivity index (χ0v) is 16.9. The summed E-state index contributed by atoms with van der Waals surface area (Å²) >= 11 is 0. The molecule has 0 aromatic heterocycles. The summed E-state index contributed by atoms with van der Waals surface area (Å²) in [6, 6.07) is 28.4. The van der Waals surface area contributed by atoms with Gasteiger partial charge in [-0.05, 0) is 16.7 Å². The lowest BCUT2D eigenvalue weighted by Crippen LogP contribution is -2.45. The van der Waals surface area contributed by atoms with Gasteiger partial charge in [-0.15, -0.1) is 6.58 Å². The highest BCUT2D eigenvalue weighted by Crippen LogP contribution is 2.24. The van der Waals surface area contributed by atoms with Crippen LogP contribution in [0.3, 0.4) is 0 Å². The molecule has 0 aliphatic heterocycles. The van der Waals surface area contributed by atoms with Crippen LogP contribution in [0.25, 0.3) is 0 Å². The van der Waals surface area contributed by atoms with Crippen LogP contribution in [-0.4, -0.2) is 23.7 Å². The normalized spacial score (nSPS) is 13.0. The van der Waals surface area contributed by atoms with Crippen molar-refractivity contribution >= 4 is 5.97 Å². The van der Waals surface area contributed by atoms with E-state index in [1.807, 2.05) is 91.0 Å². The molecule has 3 aromatic carbocycles. The molecule has 2 atom stereocenters. The van der Waals surface area contributed by atoms with E-state index in [-0.39, 0.29) is 18.6 Å². The molecule has 0 aliphatic rings. The van der Waals surface area contributed by atoms with Crippen molar-refractivity contribution in [2.75, 3.05) is 6.61 Å². The molecule has 3 aromatic rings. The Morgan fingerprint density at radius 1 is 0.900 bits per heavy atom. The molecule has 2 N–H and O–H groups in total. The highest BCUT2D eigenvalue weighted by molar-refractivity contribution is 5.74. The standard InChI is InChI=1S/C26H27NO3/c1-2-21(19-30-18-20-12-6-3-7-13-20)25(26(28)29)27-24(22-14-8-4-9-15-22)23-16-10-5-11-17-23/h2-17,21,24-25,27H,1,18-19H2,(H,28,29)/t21-,25+/m0/s1. The average Bonchev–Trinajstić information content (AvgIpc) is 2.80. The molecular formula is C26H27NO3. The Hall–Kier alpha value is -3.21. The number of rotatable bonds is 11. The van der Waals surface area contributed by atoms with Crippen LogP contribution >= 0.6 is 0 Å². The second kappa shape index (κ2) is 11.1. The van der Waals surface area contributed by atoms with E-state index in [0.717, 1.165) is 16.7 Å². The van der Waals surface area contributed by atoms with Gasteiger partial charge in [-0.1, -0.05) is 97.1 Å². The molecule has 0 saturated carbocycles. The van der Waals surface area contributed by atoms with Gasteiger partial charge in [-0.25, -0.2) is 0 Å². The SMILES string of the molecule is C=C[C@@H](COCc1ccccc1)[C@@H](NC(c1ccccc1)c1ccccc1)C(=O)O. The zero-order chi connectivity index (χ0) is 21.2. The topological polar surface area (TPSA) is 58.6 Å². The number of aliphatic carboxylic acids is 1. The molecular weight excluding hydrogens is 374 g/mol. The number of carbonyl (C=O) groups is 1. The van der Waals surface area contributed by atoms with Crippen LogP contribution < -0.4 is 5.32 Å². The maximum Gasteiger partial charge on any atom is 0.321 e. The van der Waals surface area contributed by atoms with Gasteiger partial charge in [0.2, 0.25) is 0 Å². The van der Waals surface area contributed by atoms with Gasteiger partial charge in [0, 0.05) is 5.92 Å². The number of carboxylic acids is 1. The Morgan fingerprint density at radius 2 is 1.40 bits per heavy atom. The van der Waals surface area contributed by atoms with Crippen LogP contribution in [0.15, 0.2) is 104 Å². The first kappa shape index (κ1) is 21.5. The summed E-state index contributed by atoms with van der Waals surface area (Å²) in [6.45, 7) is 4.55. The maximum atomic E-state index is 12.2. The van der Waals surface area contributed by atoms with Gasteiger partial charge < -0.3 is 9.84 Å². The Labute approximate surface area is 177 Å². The summed E-state index contributed by atoms with van der Waals surface area (Å²) in [6.07, 6.45) is 1.66. The van der Waals surface area contributed by atoms with Crippen LogP contribution in [0.2, 0.25) is 0 Å². The highest BCUT2D eigenvalue weighted by Gasteiger charge is 2.30. The summed E-state index contributed by atoms with van der Waals surface area (Å²) in [4.78, 5) is 12.2. The molecule has 4 heteroatoms. The van der Waals surface area contributed by atoms with Crippen LogP contribution in [0.4, 0.5) is 0 Å². The molecule has 154 valence electrons. The maximum absolute atomic E-state index is 12.2. The summed E-state index contributed by atoms with van der Waals surface area (Å²) < 4.78 is 5.82. The fraction of sp³-hybridized carbons (Fsp3) is 0.192. The van der Waals surface area contributed by atoms with E-state index in [9.17, 15) is 9.90 Å². The average molecular weight is 402 g/mol. The minimum absolute atomic E-state index is 0.259. The summed E-state index contributed by atoms with van der Waals surface area (Å²) in [5.74, 6) is -1.32. The van der Waals surface area contributed by atoms with Crippen molar-refractivity contribution in [2.45, 2.75) is 18.7 Å². The molecule has 4 nitrogen and oxygen atoms in total. The number of hydrogen-bond acceptors (Lipinski definition) is 3. The van der Waals surface area contributed by atoms with Crippen molar-refractivity contribution in [3.05, 3.63) is 120 Å². The molecule has 0 saturated heterocycles. The Morgan fingerprint density at radius 3 is 1.87 bits per heavy atom. The van der Waals surface area contributed by atoms with Crippen molar-refractivity contribution in [3.8, 4) is 0 Å². The van der Waals surface area contributed by atoms with Crippen molar-refractivity contribution in [2.24, 2.45) is 5.92 Å². The molecule has 30 heavy (non-hydrogen) atoms. The van der Waals surface area contributed by atoms with Crippen LogP contribution in [-0.2, 0) is 16.1 Å². The molecule has 0 spiro atoms. The molecule has 0 bridgehead atoms. The van der Waals surface area contributed by atoms with E-state index in [4.69, 9.17) is 4.74 Å². The van der Waals surface area contributed by atoms with E-state index >= 15 is 0 Å². The zero-order valence-electron chi connectivity index (χ0n) is 16.9. The largest absolute Gasteiger partial charge is 0.480 e. The van der Waals surface area contributed by atoms with E-state index in [1.165, 1.54) is 0 Å². The predicted octanol–water partition coefficient (Wildman–Crippen LogP) is 4.84. The quantitative estimate of drug-likeness (QED) is 0.452. The minimum atomic E-state index is -0.930. The molecule has 0 radical (unpaired) electrons. The molecule has 0 amide bonds. The van der Waals surface area contributed by atoms with Crippen molar-refractivity contribution in [3.63, 3.8) is 0 Å².